The molecule has 0 aliphatic rings. The van der Waals surface area contributed by atoms with E-state index in [0.717, 1.165) is 23.3 Å². The van der Waals surface area contributed by atoms with Gasteiger partial charge in [0, 0.05) is 5.69 Å². The molecule has 0 atom stereocenters. The van der Waals surface area contributed by atoms with Gasteiger partial charge in [0.1, 0.15) is 23.9 Å². The summed E-state index contributed by atoms with van der Waals surface area (Å²) in [6.07, 6.45) is -4.77. The van der Waals surface area contributed by atoms with Crippen molar-refractivity contribution >= 4 is 11.6 Å². The molecule has 0 fully saturated rings. The average Bonchev–Trinajstić information content (AvgIpc) is 3.09. The molecule has 1 heterocycles. The number of ether oxygens (including phenoxy) is 2. The monoisotopic (exact) mass is 405 g/mol. The van der Waals surface area contributed by atoms with E-state index in [0.29, 0.717) is 17.2 Å². The quantitative estimate of drug-likeness (QED) is 0.578. The van der Waals surface area contributed by atoms with Crippen molar-refractivity contribution in [1.82, 2.24) is 0 Å². The summed E-state index contributed by atoms with van der Waals surface area (Å²) in [5.74, 6) is 0.306. The molecule has 0 bridgehead atoms. The molecule has 8 heteroatoms. The van der Waals surface area contributed by atoms with Gasteiger partial charge < -0.3 is 19.2 Å². The van der Waals surface area contributed by atoms with Gasteiger partial charge in [0.15, 0.2) is 5.76 Å². The zero-order chi connectivity index (χ0) is 21.0. The first-order chi connectivity index (χ1) is 13.7. The Balaban J connectivity index is 1.57. The second kappa shape index (κ2) is 8.30. The van der Waals surface area contributed by atoms with Crippen LogP contribution in [0.3, 0.4) is 0 Å². The maximum absolute atomic E-state index is 12.2. The highest BCUT2D eigenvalue weighted by Gasteiger charge is 2.31. The van der Waals surface area contributed by atoms with Gasteiger partial charge in [-0.15, -0.1) is 13.2 Å². The second-order valence-electron chi connectivity index (χ2n) is 6.40. The van der Waals surface area contributed by atoms with Crippen LogP contribution in [0.25, 0.3) is 0 Å². The molecule has 0 saturated carbocycles. The largest absolute Gasteiger partial charge is 0.573 e. The topological polar surface area (TPSA) is 60.7 Å². The van der Waals surface area contributed by atoms with Gasteiger partial charge in [-0.05, 0) is 73.5 Å². The highest BCUT2D eigenvalue weighted by molar-refractivity contribution is 6.02. The van der Waals surface area contributed by atoms with Crippen molar-refractivity contribution in [1.29, 1.82) is 0 Å². The number of hydrogen-bond acceptors (Lipinski definition) is 4. The first-order valence-electron chi connectivity index (χ1n) is 8.65. The molecular weight excluding hydrogens is 387 g/mol. The van der Waals surface area contributed by atoms with Crippen molar-refractivity contribution in [2.75, 3.05) is 5.32 Å². The highest BCUT2D eigenvalue weighted by atomic mass is 19.4. The van der Waals surface area contributed by atoms with Crippen LogP contribution >= 0.6 is 0 Å². The average molecular weight is 405 g/mol. The minimum atomic E-state index is -4.77. The Kier molecular flexibility index (Phi) is 5.81. The first-order valence-corrected chi connectivity index (χ1v) is 8.65. The molecule has 0 aliphatic heterocycles. The maximum atomic E-state index is 12.2. The number of benzene rings is 2. The molecule has 29 heavy (non-hydrogen) atoms. The lowest BCUT2D eigenvalue weighted by molar-refractivity contribution is -0.274. The smallest absolute Gasteiger partial charge is 0.486 e. The van der Waals surface area contributed by atoms with Crippen LogP contribution in [0, 0.1) is 13.8 Å². The molecule has 0 spiro atoms. The minimum Gasteiger partial charge on any atom is -0.486 e. The van der Waals surface area contributed by atoms with Gasteiger partial charge in [0.25, 0.3) is 5.91 Å². The van der Waals surface area contributed by atoms with Crippen molar-refractivity contribution in [3.63, 3.8) is 0 Å². The van der Waals surface area contributed by atoms with Crippen LogP contribution in [0.5, 0.6) is 11.5 Å². The summed E-state index contributed by atoms with van der Waals surface area (Å²) in [6, 6.07) is 13.8. The van der Waals surface area contributed by atoms with Crippen LogP contribution in [-0.4, -0.2) is 12.3 Å². The Morgan fingerprint density at radius 2 is 1.62 bits per heavy atom. The van der Waals surface area contributed by atoms with E-state index in [1.54, 1.807) is 6.07 Å². The fourth-order valence-electron chi connectivity index (χ4n) is 2.68. The molecule has 0 saturated heterocycles. The second-order valence-corrected chi connectivity index (χ2v) is 6.40. The highest BCUT2D eigenvalue weighted by Crippen LogP contribution is 2.24. The molecule has 0 radical (unpaired) electrons. The van der Waals surface area contributed by atoms with Crippen molar-refractivity contribution < 1.29 is 31.9 Å². The molecule has 0 unspecified atom stereocenters. The molecule has 1 amide bonds. The Labute approximate surface area is 165 Å². The number of hydrogen-bond donors (Lipinski definition) is 1. The van der Waals surface area contributed by atoms with Gasteiger partial charge in [-0.2, -0.15) is 0 Å². The molecular formula is C21H18F3NO4. The van der Waals surface area contributed by atoms with Crippen LogP contribution in [-0.2, 0) is 6.61 Å². The summed E-state index contributed by atoms with van der Waals surface area (Å²) in [6.45, 7) is 4.09. The third-order valence-corrected chi connectivity index (χ3v) is 3.81. The number of carbonyl (C=O) groups is 1. The number of anilines is 1. The van der Waals surface area contributed by atoms with E-state index in [1.807, 2.05) is 32.0 Å². The van der Waals surface area contributed by atoms with Gasteiger partial charge in [0.2, 0.25) is 0 Å². The van der Waals surface area contributed by atoms with E-state index in [4.69, 9.17) is 9.15 Å². The lowest BCUT2D eigenvalue weighted by Crippen LogP contribution is -2.17. The first kappa shape index (κ1) is 20.3. The van der Waals surface area contributed by atoms with Crippen molar-refractivity contribution in [2.45, 2.75) is 26.8 Å². The van der Waals surface area contributed by atoms with E-state index in [1.165, 1.54) is 18.2 Å². The summed E-state index contributed by atoms with van der Waals surface area (Å²) in [7, 11) is 0. The predicted molar refractivity (Wildman–Crippen MR) is 100 cm³/mol. The normalized spacial score (nSPS) is 11.2. The Morgan fingerprint density at radius 1 is 0.966 bits per heavy atom. The van der Waals surface area contributed by atoms with Crippen LogP contribution in [0.1, 0.15) is 27.4 Å². The molecule has 3 rings (SSSR count). The van der Waals surface area contributed by atoms with Crippen LogP contribution < -0.4 is 14.8 Å². The summed E-state index contributed by atoms with van der Waals surface area (Å²) in [4.78, 5) is 12.2. The van der Waals surface area contributed by atoms with Crippen molar-refractivity contribution in [3.8, 4) is 11.5 Å². The summed E-state index contributed by atoms with van der Waals surface area (Å²) in [5, 5.41) is 2.54. The molecule has 152 valence electrons. The number of carbonyl (C=O) groups excluding carboxylic acids is 1. The van der Waals surface area contributed by atoms with Gasteiger partial charge in [0.05, 0.1) is 0 Å². The molecule has 2 aromatic carbocycles. The summed E-state index contributed by atoms with van der Waals surface area (Å²) in [5.41, 5.74) is 2.45. The maximum Gasteiger partial charge on any atom is 0.573 e. The van der Waals surface area contributed by atoms with E-state index in [-0.39, 0.29) is 18.1 Å². The zero-order valence-electron chi connectivity index (χ0n) is 15.7. The number of amides is 1. The van der Waals surface area contributed by atoms with Gasteiger partial charge in [-0.3, -0.25) is 4.79 Å². The molecule has 1 aromatic heterocycles. The van der Waals surface area contributed by atoms with Crippen LogP contribution in [0.15, 0.2) is 59.0 Å². The van der Waals surface area contributed by atoms with Crippen molar-refractivity contribution in [3.05, 3.63) is 77.2 Å². The number of furan rings is 1. The number of alkyl halides is 3. The Bertz CT molecular complexity index is 974. The standard InChI is InChI=1S/C21H18F3NO4/c1-13-9-14(2)11-18(10-13)27-12-17-7-8-19(28-17)20(26)25-15-3-5-16(6-4-15)29-21(22,23)24/h3-11H,12H2,1-2H3,(H,25,26). The Hall–Kier alpha value is -3.42. The van der Waals surface area contributed by atoms with E-state index in [2.05, 4.69) is 10.1 Å². The summed E-state index contributed by atoms with van der Waals surface area (Å²) < 4.78 is 51.5. The SMILES string of the molecule is Cc1cc(C)cc(OCc2ccc(C(=O)Nc3ccc(OC(F)(F)F)cc3)o2)c1. The minimum absolute atomic E-state index is 0.0552. The van der Waals surface area contributed by atoms with Gasteiger partial charge in [-0.25, -0.2) is 0 Å². The van der Waals surface area contributed by atoms with Gasteiger partial charge in [-0.1, -0.05) is 6.07 Å². The fourth-order valence-corrected chi connectivity index (χ4v) is 2.68. The van der Waals surface area contributed by atoms with E-state index in [9.17, 15) is 18.0 Å². The number of aryl methyl sites for hydroxylation is 2. The van der Waals surface area contributed by atoms with E-state index < -0.39 is 12.3 Å². The Morgan fingerprint density at radius 3 is 2.24 bits per heavy atom. The van der Waals surface area contributed by atoms with Crippen LogP contribution in [0.4, 0.5) is 18.9 Å². The molecule has 1 N–H and O–H groups in total. The van der Waals surface area contributed by atoms with Crippen molar-refractivity contribution in [2.24, 2.45) is 0 Å². The lowest BCUT2D eigenvalue weighted by Gasteiger charge is -2.09. The third-order valence-electron chi connectivity index (χ3n) is 3.81. The molecule has 5 nitrogen and oxygen atoms in total. The number of rotatable bonds is 6. The predicted octanol–water partition coefficient (Wildman–Crippen LogP) is 5.63. The fraction of sp³-hybridized carbons (Fsp3) is 0.190. The summed E-state index contributed by atoms with van der Waals surface area (Å²) >= 11 is 0. The number of nitrogens with one attached hydrogen (secondary N) is 1. The number of halogens is 3. The van der Waals surface area contributed by atoms with Crippen LogP contribution in [0.2, 0.25) is 0 Å². The third kappa shape index (κ3) is 6.03. The molecule has 3 aromatic rings. The molecule has 0 aliphatic carbocycles. The van der Waals surface area contributed by atoms with Gasteiger partial charge >= 0.3 is 6.36 Å². The lowest BCUT2D eigenvalue weighted by atomic mass is 10.1. The van der Waals surface area contributed by atoms with E-state index >= 15 is 0 Å². The zero-order valence-corrected chi connectivity index (χ0v) is 15.7.